The third-order valence-corrected chi connectivity index (χ3v) is 4.34. The average Bonchev–Trinajstić information content (AvgIpc) is 3.05. The summed E-state index contributed by atoms with van der Waals surface area (Å²) in [6, 6.07) is 11.1. The van der Waals surface area contributed by atoms with Crippen LogP contribution in [0.2, 0.25) is 5.02 Å². The molecule has 6 heteroatoms. The highest BCUT2D eigenvalue weighted by molar-refractivity contribution is 7.09. The number of hydrogen-bond donors (Lipinski definition) is 1. The van der Waals surface area contributed by atoms with Crippen LogP contribution in [0.15, 0.2) is 54.2 Å². The minimum Gasteiger partial charge on any atom is -0.349 e. The van der Waals surface area contributed by atoms with Crippen LogP contribution in [0.4, 0.5) is 0 Å². The molecule has 0 atom stereocenters. The van der Waals surface area contributed by atoms with Gasteiger partial charge < -0.3 is 5.32 Å². The molecule has 3 aromatic rings. The van der Waals surface area contributed by atoms with Crippen molar-refractivity contribution in [2.24, 2.45) is 0 Å². The van der Waals surface area contributed by atoms with E-state index in [-0.39, 0.29) is 5.91 Å². The summed E-state index contributed by atoms with van der Waals surface area (Å²) in [5, 5.41) is 6.42. The molecule has 0 spiro atoms. The number of nitrogens with zero attached hydrogens (tertiary/aromatic N) is 2. The van der Waals surface area contributed by atoms with Crippen molar-refractivity contribution >= 4 is 28.8 Å². The molecule has 23 heavy (non-hydrogen) atoms. The van der Waals surface area contributed by atoms with Crippen LogP contribution in [0.1, 0.15) is 10.6 Å². The van der Waals surface area contributed by atoms with E-state index >= 15 is 0 Å². The molecule has 0 saturated carbocycles. The van der Waals surface area contributed by atoms with Crippen LogP contribution in [0.25, 0.3) is 11.3 Å². The molecule has 4 nitrogen and oxygen atoms in total. The summed E-state index contributed by atoms with van der Waals surface area (Å²) >= 11 is 7.36. The molecule has 2 aromatic heterocycles. The van der Waals surface area contributed by atoms with E-state index in [1.807, 2.05) is 29.6 Å². The molecule has 1 N–H and O–H groups in total. The second-order valence-electron chi connectivity index (χ2n) is 4.94. The minimum atomic E-state index is -0.0343. The zero-order valence-electron chi connectivity index (χ0n) is 12.2. The molecule has 0 aliphatic heterocycles. The average molecular weight is 344 g/mol. The summed E-state index contributed by atoms with van der Waals surface area (Å²) in [5.41, 5.74) is 2.86. The van der Waals surface area contributed by atoms with Gasteiger partial charge in [-0.25, -0.2) is 4.98 Å². The first-order valence-corrected chi connectivity index (χ1v) is 8.32. The number of carbonyl (C=O) groups is 1. The lowest BCUT2D eigenvalue weighted by Crippen LogP contribution is -2.24. The van der Waals surface area contributed by atoms with E-state index in [9.17, 15) is 4.79 Å². The molecule has 0 fully saturated rings. The number of pyridine rings is 1. The van der Waals surface area contributed by atoms with Crippen molar-refractivity contribution in [3.8, 4) is 11.3 Å². The van der Waals surface area contributed by atoms with Crippen molar-refractivity contribution in [3.63, 3.8) is 0 Å². The van der Waals surface area contributed by atoms with Gasteiger partial charge in [-0.2, -0.15) is 0 Å². The number of hydrogen-bond acceptors (Lipinski definition) is 4. The highest BCUT2D eigenvalue weighted by atomic mass is 35.5. The number of carbonyl (C=O) groups excluding carboxylic acids is 1. The molecule has 0 aliphatic rings. The van der Waals surface area contributed by atoms with Crippen molar-refractivity contribution in [2.45, 2.75) is 13.0 Å². The summed E-state index contributed by atoms with van der Waals surface area (Å²) in [7, 11) is 0. The number of nitrogens with one attached hydrogen (secondary N) is 1. The van der Waals surface area contributed by atoms with Gasteiger partial charge in [0.2, 0.25) is 5.91 Å². The van der Waals surface area contributed by atoms with Gasteiger partial charge >= 0.3 is 0 Å². The number of aromatic nitrogens is 2. The summed E-state index contributed by atoms with van der Waals surface area (Å²) in [6.07, 6.45) is 3.81. The smallest absolute Gasteiger partial charge is 0.224 e. The largest absolute Gasteiger partial charge is 0.349 e. The van der Waals surface area contributed by atoms with Crippen LogP contribution in [-0.2, 0) is 17.8 Å². The molecule has 0 saturated heterocycles. The Hall–Kier alpha value is -2.24. The lowest BCUT2D eigenvalue weighted by atomic mass is 10.1. The van der Waals surface area contributed by atoms with Gasteiger partial charge in [-0.05, 0) is 29.8 Å². The van der Waals surface area contributed by atoms with E-state index < -0.39 is 0 Å². The Bertz CT molecular complexity index is 787. The second kappa shape index (κ2) is 7.35. The fourth-order valence-corrected chi connectivity index (χ4v) is 2.94. The third-order valence-electron chi connectivity index (χ3n) is 3.24. The molecule has 0 aliphatic carbocycles. The number of halogens is 1. The fourth-order valence-electron chi connectivity index (χ4n) is 2.07. The van der Waals surface area contributed by atoms with Crippen LogP contribution >= 0.6 is 22.9 Å². The lowest BCUT2D eigenvalue weighted by Gasteiger charge is -2.03. The fraction of sp³-hybridized carbons (Fsp3) is 0.118. The van der Waals surface area contributed by atoms with Crippen LogP contribution in [0.5, 0.6) is 0 Å². The van der Waals surface area contributed by atoms with Gasteiger partial charge in [0, 0.05) is 28.4 Å². The van der Waals surface area contributed by atoms with Crippen molar-refractivity contribution in [3.05, 3.63) is 69.8 Å². The molecule has 3 rings (SSSR count). The molecular formula is C17H14ClN3OS. The first-order chi connectivity index (χ1) is 11.2. The minimum absolute atomic E-state index is 0.0343. The summed E-state index contributed by atoms with van der Waals surface area (Å²) in [4.78, 5) is 20.5. The van der Waals surface area contributed by atoms with Gasteiger partial charge in [-0.15, -0.1) is 11.3 Å². The SMILES string of the molecule is O=C(Cc1ccc(Cl)cc1)NCc1nc(-c2ccncc2)cs1. The number of amides is 1. The Balaban J connectivity index is 1.55. The molecule has 0 bridgehead atoms. The molecule has 0 unspecified atom stereocenters. The van der Waals surface area contributed by atoms with Crippen molar-refractivity contribution < 1.29 is 4.79 Å². The second-order valence-corrected chi connectivity index (χ2v) is 6.32. The van der Waals surface area contributed by atoms with Crippen LogP contribution < -0.4 is 5.32 Å². The van der Waals surface area contributed by atoms with Crippen LogP contribution in [0.3, 0.4) is 0 Å². The van der Waals surface area contributed by atoms with Gasteiger partial charge in [0.25, 0.3) is 0 Å². The molecule has 1 amide bonds. The Labute approximate surface area is 143 Å². The standard InChI is InChI=1S/C17H14ClN3OS/c18-14-3-1-12(2-4-14)9-16(22)20-10-17-21-15(11-23-17)13-5-7-19-8-6-13/h1-8,11H,9-10H2,(H,20,22). The van der Waals surface area contributed by atoms with Crippen molar-refractivity contribution in [1.82, 2.24) is 15.3 Å². The zero-order chi connectivity index (χ0) is 16.1. The van der Waals surface area contributed by atoms with Gasteiger partial charge in [-0.1, -0.05) is 23.7 Å². The third kappa shape index (κ3) is 4.37. The quantitative estimate of drug-likeness (QED) is 0.768. The highest BCUT2D eigenvalue weighted by Crippen LogP contribution is 2.20. The predicted molar refractivity (Wildman–Crippen MR) is 92.3 cm³/mol. The molecule has 116 valence electrons. The van der Waals surface area contributed by atoms with Gasteiger partial charge in [0.05, 0.1) is 18.7 Å². The Morgan fingerprint density at radius 3 is 2.61 bits per heavy atom. The van der Waals surface area contributed by atoms with Crippen molar-refractivity contribution in [2.75, 3.05) is 0 Å². The Kier molecular flexibility index (Phi) is 5.00. The Morgan fingerprint density at radius 1 is 1.13 bits per heavy atom. The van der Waals surface area contributed by atoms with Crippen LogP contribution in [0, 0.1) is 0 Å². The maximum atomic E-state index is 12.0. The Morgan fingerprint density at radius 2 is 1.87 bits per heavy atom. The molecular weight excluding hydrogens is 330 g/mol. The van der Waals surface area contributed by atoms with E-state index in [4.69, 9.17) is 11.6 Å². The van der Waals surface area contributed by atoms with E-state index in [0.717, 1.165) is 21.8 Å². The lowest BCUT2D eigenvalue weighted by molar-refractivity contribution is -0.120. The summed E-state index contributed by atoms with van der Waals surface area (Å²) in [6.45, 7) is 0.433. The normalized spacial score (nSPS) is 10.5. The number of thiazole rings is 1. The monoisotopic (exact) mass is 343 g/mol. The van der Waals surface area contributed by atoms with E-state index in [0.29, 0.717) is 18.0 Å². The molecule has 1 aromatic carbocycles. The number of rotatable bonds is 5. The number of benzene rings is 1. The summed E-state index contributed by atoms with van der Waals surface area (Å²) < 4.78 is 0. The van der Waals surface area contributed by atoms with Gasteiger partial charge in [-0.3, -0.25) is 9.78 Å². The van der Waals surface area contributed by atoms with Crippen LogP contribution in [-0.4, -0.2) is 15.9 Å². The first-order valence-electron chi connectivity index (χ1n) is 7.06. The van der Waals surface area contributed by atoms with Gasteiger partial charge in [0.15, 0.2) is 0 Å². The highest BCUT2D eigenvalue weighted by Gasteiger charge is 2.07. The molecule has 0 radical (unpaired) electrons. The molecule has 2 heterocycles. The zero-order valence-corrected chi connectivity index (χ0v) is 13.8. The predicted octanol–water partition coefficient (Wildman–Crippen LogP) is 3.72. The summed E-state index contributed by atoms with van der Waals surface area (Å²) in [5.74, 6) is -0.0343. The topological polar surface area (TPSA) is 54.9 Å². The van der Waals surface area contributed by atoms with Gasteiger partial charge in [0.1, 0.15) is 5.01 Å². The first kappa shape index (κ1) is 15.6. The maximum absolute atomic E-state index is 12.0. The van der Waals surface area contributed by atoms with E-state index in [1.165, 1.54) is 11.3 Å². The van der Waals surface area contributed by atoms with E-state index in [2.05, 4.69) is 15.3 Å². The van der Waals surface area contributed by atoms with E-state index in [1.54, 1.807) is 24.5 Å². The van der Waals surface area contributed by atoms with Crippen molar-refractivity contribution in [1.29, 1.82) is 0 Å². The maximum Gasteiger partial charge on any atom is 0.224 e.